The second kappa shape index (κ2) is 22.4. The van der Waals surface area contributed by atoms with Gasteiger partial charge in [0.1, 0.15) is 35.6 Å². The second-order valence-electron chi connectivity index (χ2n) is 26.0. The fraction of sp³-hybridized carbons (Fsp3) is 0.188. The van der Waals surface area contributed by atoms with Crippen molar-refractivity contribution in [1.82, 2.24) is 9.55 Å². The van der Waals surface area contributed by atoms with Gasteiger partial charge in [0.15, 0.2) is 0 Å². The van der Waals surface area contributed by atoms with E-state index in [1.54, 1.807) is 0 Å². The highest BCUT2D eigenvalue weighted by Gasteiger charge is 2.34. The molecule has 0 aliphatic carbocycles. The van der Waals surface area contributed by atoms with Crippen LogP contribution in [0.1, 0.15) is 103 Å². The van der Waals surface area contributed by atoms with Gasteiger partial charge in [0, 0.05) is 52.0 Å². The molecule has 0 saturated carbocycles. The fourth-order valence-corrected chi connectivity index (χ4v) is 12.4. The lowest BCUT2D eigenvalue weighted by Crippen LogP contribution is -2.25. The number of aromatic nitrogens is 2. The first kappa shape index (κ1) is 56.5. The lowest BCUT2D eigenvalue weighted by atomic mass is 9.81. The molecule has 12 aromatic rings. The van der Waals surface area contributed by atoms with Crippen LogP contribution in [0, 0.1) is 11.6 Å². The van der Waals surface area contributed by atoms with E-state index in [-0.39, 0.29) is 22.7 Å². The molecule has 7 heteroatoms. The van der Waals surface area contributed by atoms with Gasteiger partial charge < -0.3 is 14.5 Å². The molecule has 0 fully saturated rings. The number of para-hydroxylation sites is 3. The van der Waals surface area contributed by atoms with Crippen LogP contribution in [-0.4, -0.2) is 16.2 Å². The second-order valence-corrected chi connectivity index (χ2v) is 26.0. The van der Waals surface area contributed by atoms with E-state index in [4.69, 9.17) is 9.72 Å². The van der Waals surface area contributed by atoms with E-state index in [1.807, 2.05) is 6.20 Å². The molecular weight excluding hydrogens is 1070 g/mol. The van der Waals surface area contributed by atoms with Crippen LogP contribution in [-0.2, 0) is 10.8 Å². The van der Waals surface area contributed by atoms with Gasteiger partial charge in [-0.15, -0.1) is 0 Å². The predicted octanol–water partition coefficient (Wildman–Crippen LogP) is 22.7. The number of pyridine rings is 1. The Morgan fingerprint density at radius 2 is 0.943 bits per heavy atom. The van der Waals surface area contributed by atoms with Gasteiger partial charge >= 0.3 is 0 Å². The van der Waals surface area contributed by atoms with Crippen LogP contribution < -0.4 is 14.5 Å². The molecule has 87 heavy (non-hydrogen) atoms. The van der Waals surface area contributed by atoms with E-state index < -0.39 is 11.6 Å². The van der Waals surface area contributed by atoms with E-state index in [2.05, 4.69) is 290 Å². The minimum absolute atomic E-state index is 0.0814. The summed E-state index contributed by atoms with van der Waals surface area (Å²) in [7, 11) is 0. The largest absolute Gasteiger partial charge is 0.457 e. The Bertz CT molecular complexity index is 4480. The van der Waals surface area contributed by atoms with Crippen LogP contribution in [0.5, 0.6) is 11.5 Å². The lowest BCUT2D eigenvalue weighted by Gasteiger charge is -2.31. The smallest absolute Gasteiger partial charge is 0.137 e. The maximum atomic E-state index is 15.8. The molecule has 2 aromatic heterocycles. The zero-order valence-corrected chi connectivity index (χ0v) is 51.3. The summed E-state index contributed by atoms with van der Waals surface area (Å²) in [6.45, 7) is 22.6. The number of hydrogen-bond donors (Lipinski definition) is 0. The molecule has 1 aliphatic rings. The summed E-state index contributed by atoms with van der Waals surface area (Å²) in [5.41, 5.74) is 19.7. The SMILES string of the molecule is CC(C)c1cc(-c2cc(C(C)(C)C)cc(-c3cc(F)cc(F)c3)c2N2CN(c3cc(Oc4ccc5c6ccccc6n(-c6cc(C(C)(C)C)ccn6)c5c4)cc(-c4cc(-c5ccccc5)cc(-c5ccccc5)c4)c3)c3ccccc32)cc(C(C)C)c1. The highest BCUT2D eigenvalue weighted by Crippen LogP contribution is 2.53. The Labute approximate surface area is 510 Å². The summed E-state index contributed by atoms with van der Waals surface area (Å²) in [5, 5.41) is 2.23. The Balaban J connectivity index is 1.03. The summed E-state index contributed by atoms with van der Waals surface area (Å²) in [6.07, 6.45) is 1.91. The molecule has 0 saturated heterocycles. The van der Waals surface area contributed by atoms with E-state index in [9.17, 15) is 0 Å². The molecule has 10 aromatic carbocycles. The number of ether oxygens (including phenoxy) is 1. The minimum Gasteiger partial charge on any atom is -0.457 e. The third kappa shape index (κ3) is 11.1. The summed E-state index contributed by atoms with van der Waals surface area (Å²) in [6, 6.07) is 77.5. The fourth-order valence-electron chi connectivity index (χ4n) is 12.4. The third-order valence-corrected chi connectivity index (χ3v) is 17.2. The van der Waals surface area contributed by atoms with Gasteiger partial charge in [-0.1, -0.05) is 178 Å². The number of nitrogens with zero attached hydrogens (tertiary/aromatic N) is 4. The van der Waals surface area contributed by atoms with Crippen molar-refractivity contribution in [2.24, 2.45) is 0 Å². The summed E-state index contributed by atoms with van der Waals surface area (Å²) in [4.78, 5) is 9.68. The first-order valence-corrected chi connectivity index (χ1v) is 30.3. The highest BCUT2D eigenvalue weighted by atomic mass is 19.1. The molecule has 13 rings (SSSR count). The molecule has 0 bridgehead atoms. The van der Waals surface area contributed by atoms with E-state index in [0.29, 0.717) is 23.7 Å². The highest BCUT2D eigenvalue weighted by molar-refractivity contribution is 6.09. The maximum Gasteiger partial charge on any atom is 0.137 e. The van der Waals surface area contributed by atoms with Gasteiger partial charge in [-0.05, 0) is 186 Å². The molecule has 0 amide bonds. The average Bonchev–Trinajstić information content (AvgIpc) is 1.75. The number of benzene rings is 10. The Morgan fingerprint density at radius 1 is 0.414 bits per heavy atom. The first-order valence-electron chi connectivity index (χ1n) is 30.3. The van der Waals surface area contributed by atoms with Gasteiger partial charge in [-0.3, -0.25) is 4.57 Å². The quantitative estimate of drug-likeness (QED) is 0.122. The third-order valence-electron chi connectivity index (χ3n) is 17.2. The molecule has 0 radical (unpaired) electrons. The van der Waals surface area contributed by atoms with E-state index in [1.165, 1.54) is 28.8 Å². The lowest BCUT2D eigenvalue weighted by molar-refractivity contribution is 0.483. The van der Waals surface area contributed by atoms with Gasteiger partial charge in [0.05, 0.1) is 28.1 Å². The average molecular weight is 1140 g/mol. The molecule has 0 unspecified atom stereocenters. The topological polar surface area (TPSA) is 33.5 Å². The van der Waals surface area contributed by atoms with Crippen LogP contribution in [0.25, 0.3) is 83.3 Å². The Morgan fingerprint density at radius 3 is 1.54 bits per heavy atom. The van der Waals surface area contributed by atoms with Gasteiger partial charge in [-0.2, -0.15) is 0 Å². The number of hydrogen-bond acceptors (Lipinski definition) is 4. The molecule has 432 valence electrons. The number of anilines is 4. The van der Waals surface area contributed by atoms with Gasteiger partial charge in [0.25, 0.3) is 0 Å². The molecule has 1 aliphatic heterocycles. The van der Waals surface area contributed by atoms with Crippen LogP contribution >= 0.6 is 0 Å². The summed E-state index contributed by atoms with van der Waals surface area (Å²) in [5.74, 6) is 1.42. The molecular formula is C80H72F2N4O. The van der Waals surface area contributed by atoms with Gasteiger partial charge in [0.2, 0.25) is 0 Å². The molecule has 0 spiro atoms. The predicted molar refractivity (Wildman–Crippen MR) is 360 cm³/mol. The van der Waals surface area contributed by atoms with Crippen LogP contribution in [0.15, 0.2) is 231 Å². The van der Waals surface area contributed by atoms with Crippen molar-refractivity contribution in [3.63, 3.8) is 0 Å². The Hall–Kier alpha value is -9.59. The zero-order valence-electron chi connectivity index (χ0n) is 51.3. The maximum absolute atomic E-state index is 15.8. The van der Waals surface area contributed by atoms with Crippen molar-refractivity contribution in [3.05, 3.63) is 265 Å². The van der Waals surface area contributed by atoms with E-state index >= 15 is 8.78 Å². The monoisotopic (exact) mass is 1140 g/mol. The van der Waals surface area contributed by atoms with Crippen molar-refractivity contribution in [2.45, 2.75) is 91.9 Å². The normalized spacial score (nSPS) is 12.7. The molecule has 3 heterocycles. The number of rotatable bonds is 12. The molecule has 0 atom stereocenters. The summed E-state index contributed by atoms with van der Waals surface area (Å²) < 4.78 is 41.1. The zero-order chi connectivity index (χ0) is 60.5. The number of halogens is 2. The van der Waals surface area contributed by atoms with Crippen molar-refractivity contribution in [3.8, 4) is 73.0 Å². The van der Waals surface area contributed by atoms with E-state index in [0.717, 1.165) is 112 Å². The Kier molecular flexibility index (Phi) is 14.5. The van der Waals surface area contributed by atoms with Crippen molar-refractivity contribution < 1.29 is 13.5 Å². The number of fused-ring (bicyclic) bond motifs is 4. The standard InChI is InChI=1S/C80H72F2N4O/c1-50(2)54-33-55(51(3)4)35-60(34-54)71-43-63(80(8,9)10)44-72(61-39-64(81)46-65(82)40-61)78(71)85-49-84(74-27-19-20-28-75(74)85)66-41-59(58-37-56(52-21-13-11-14-22-52)36-57(38-58)53-23-15-12-16-24-53)42-68(47-66)87-67-29-30-70-69-25-17-18-26-73(69)86(76(70)48-67)77-45-62(31-32-83-77)79(5,6)7/h11-48,50-51H,49H2,1-10H3. The van der Waals surface area contributed by atoms with Crippen molar-refractivity contribution in [1.29, 1.82) is 0 Å². The van der Waals surface area contributed by atoms with Crippen LogP contribution in [0.4, 0.5) is 31.5 Å². The summed E-state index contributed by atoms with van der Waals surface area (Å²) >= 11 is 0. The van der Waals surface area contributed by atoms with Crippen LogP contribution in [0.2, 0.25) is 0 Å². The van der Waals surface area contributed by atoms with Crippen molar-refractivity contribution >= 4 is 44.6 Å². The van der Waals surface area contributed by atoms with Crippen LogP contribution in [0.3, 0.4) is 0 Å². The first-order chi connectivity index (χ1) is 41.8. The minimum atomic E-state index is -0.630. The molecule has 5 nitrogen and oxygen atoms in total. The van der Waals surface area contributed by atoms with Gasteiger partial charge in [-0.25, -0.2) is 13.8 Å². The molecule has 0 N–H and O–H groups in total. The van der Waals surface area contributed by atoms with Crippen molar-refractivity contribution in [2.75, 3.05) is 16.5 Å².